The maximum Gasteiger partial charge on any atom is 0.393 e. The smallest absolute Gasteiger partial charge is 0.393 e. The third-order valence-electron chi connectivity index (χ3n) is 4.29. The van der Waals surface area contributed by atoms with E-state index in [9.17, 15) is 10.1 Å². The summed E-state index contributed by atoms with van der Waals surface area (Å²) in [5, 5.41) is 12.6. The Kier molecular flexibility index (Phi) is 4.98. The molecule has 8 nitrogen and oxygen atoms in total. The number of nitrogens with zero attached hydrogens (tertiary/aromatic N) is 4. The second-order valence-corrected chi connectivity index (χ2v) is 6.12. The fourth-order valence-electron chi connectivity index (χ4n) is 2.82. The molecule has 0 aliphatic rings. The molecule has 0 radical (unpaired) electrons. The van der Waals surface area contributed by atoms with E-state index in [1.54, 1.807) is 36.5 Å². The van der Waals surface area contributed by atoms with E-state index in [2.05, 4.69) is 15.0 Å². The van der Waals surface area contributed by atoms with Gasteiger partial charge in [0.1, 0.15) is 17.6 Å². The van der Waals surface area contributed by atoms with E-state index in [0.717, 1.165) is 23.7 Å². The molecule has 0 saturated heterocycles. The van der Waals surface area contributed by atoms with Crippen LogP contribution >= 0.6 is 0 Å². The molecule has 0 spiro atoms. The molecule has 0 amide bonds. The van der Waals surface area contributed by atoms with Crippen molar-refractivity contribution in [1.29, 1.82) is 0 Å². The van der Waals surface area contributed by atoms with Crippen LogP contribution in [-0.4, -0.2) is 19.9 Å². The standard InChI is InChI=1S/C21H16N4O4/c1-2-14-8-10-16(11-9-14)28-20-19(25(26)27)21(24-13-23-20)29-17-7-3-5-15-6-4-12-22-18(15)17/h3-13H,2H2,1H3. The molecule has 0 unspecified atom stereocenters. The van der Waals surface area contributed by atoms with Crippen LogP contribution in [0.1, 0.15) is 12.5 Å². The van der Waals surface area contributed by atoms with Crippen molar-refractivity contribution >= 4 is 16.6 Å². The number of ether oxygens (including phenoxy) is 2. The number of nitro groups is 1. The molecule has 8 heteroatoms. The van der Waals surface area contributed by atoms with E-state index in [1.807, 2.05) is 31.2 Å². The maximum absolute atomic E-state index is 11.7. The average molecular weight is 388 g/mol. The van der Waals surface area contributed by atoms with Gasteiger partial charge >= 0.3 is 17.4 Å². The predicted octanol–water partition coefficient (Wildman–Crippen LogP) is 5.08. The lowest BCUT2D eigenvalue weighted by Crippen LogP contribution is -2.01. The largest absolute Gasteiger partial charge is 0.433 e. The summed E-state index contributed by atoms with van der Waals surface area (Å²) in [5.74, 6) is 0.366. The number of aromatic nitrogens is 3. The minimum atomic E-state index is -0.621. The molecule has 0 N–H and O–H groups in total. The van der Waals surface area contributed by atoms with Gasteiger partial charge in [-0.3, -0.25) is 15.1 Å². The van der Waals surface area contributed by atoms with E-state index in [-0.39, 0.29) is 11.8 Å². The van der Waals surface area contributed by atoms with Crippen LogP contribution in [0.3, 0.4) is 0 Å². The van der Waals surface area contributed by atoms with Crippen LogP contribution in [0.15, 0.2) is 67.1 Å². The zero-order valence-electron chi connectivity index (χ0n) is 15.5. The van der Waals surface area contributed by atoms with Crippen LogP contribution in [0.2, 0.25) is 0 Å². The van der Waals surface area contributed by atoms with E-state index < -0.39 is 10.6 Å². The van der Waals surface area contributed by atoms with Crippen molar-refractivity contribution in [2.75, 3.05) is 0 Å². The van der Waals surface area contributed by atoms with Crippen molar-refractivity contribution < 1.29 is 14.4 Å². The van der Waals surface area contributed by atoms with Crippen molar-refractivity contribution in [1.82, 2.24) is 15.0 Å². The molecule has 4 aromatic rings. The van der Waals surface area contributed by atoms with Crippen LogP contribution < -0.4 is 9.47 Å². The van der Waals surface area contributed by atoms with Gasteiger partial charge in [0.2, 0.25) is 0 Å². The lowest BCUT2D eigenvalue weighted by atomic mass is 10.2. The normalized spacial score (nSPS) is 10.7. The van der Waals surface area contributed by atoms with Gasteiger partial charge in [0.15, 0.2) is 5.75 Å². The molecule has 0 fully saturated rings. The number of hydrogen-bond acceptors (Lipinski definition) is 7. The molecule has 0 atom stereocenters. The third kappa shape index (κ3) is 3.81. The summed E-state index contributed by atoms with van der Waals surface area (Å²) in [6.45, 7) is 2.04. The number of pyridine rings is 1. The van der Waals surface area contributed by atoms with Crippen LogP contribution in [0, 0.1) is 10.1 Å². The quantitative estimate of drug-likeness (QED) is 0.335. The first-order valence-corrected chi connectivity index (χ1v) is 8.93. The molecule has 4 rings (SSSR count). The maximum atomic E-state index is 11.7. The second kappa shape index (κ2) is 7.89. The number of para-hydroxylation sites is 1. The van der Waals surface area contributed by atoms with E-state index in [0.29, 0.717) is 17.0 Å². The monoisotopic (exact) mass is 388 g/mol. The Morgan fingerprint density at radius 2 is 1.66 bits per heavy atom. The predicted molar refractivity (Wildman–Crippen MR) is 106 cm³/mol. The van der Waals surface area contributed by atoms with Crippen LogP contribution in [0.4, 0.5) is 5.69 Å². The average Bonchev–Trinajstić information content (AvgIpc) is 2.74. The fraction of sp³-hybridized carbons (Fsp3) is 0.0952. The summed E-state index contributed by atoms with van der Waals surface area (Å²) in [6.07, 6.45) is 3.67. The number of benzene rings is 2. The van der Waals surface area contributed by atoms with Crippen molar-refractivity contribution in [3.8, 4) is 23.3 Å². The molecular weight excluding hydrogens is 372 g/mol. The van der Waals surface area contributed by atoms with E-state index >= 15 is 0 Å². The summed E-state index contributed by atoms with van der Waals surface area (Å²) in [6, 6.07) is 16.2. The lowest BCUT2D eigenvalue weighted by Gasteiger charge is -2.10. The summed E-state index contributed by atoms with van der Waals surface area (Å²) in [5.41, 5.74) is 1.24. The SMILES string of the molecule is CCc1ccc(Oc2ncnc(Oc3cccc4cccnc34)c2[N+](=O)[O-])cc1. The number of rotatable bonds is 6. The van der Waals surface area contributed by atoms with Crippen LogP contribution in [-0.2, 0) is 6.42 Å². The van der Waals surface area contributed by atoms with Gasteiger partial charge < -0.3 is 9.47 Å². The van der Waals surface area contributed by atoms with Gasteiger partial charge in [-0.2, -0.15) is 9.97 Å². The van der Waals surface area contributed by atoms with Crippen molar-refractivity contribution in [2.24, 2.45) is 0 Å². The van der Waals surface area contributed by atoms with E-state index in [4.69, 9.17) is 9.47 Å². The first-order chi connectivity index (χ1) is 14.2. The zero-order chi connectivity index (χ0) is 20.2. The van der Waals surface area contributed by atoms with Crippen molar-refractivity contribution in [2.45, 2.75) is 13.3 Å². The Morgan fingerprint density at radius 3 is 2.38 bits per heavy atom. The van der Waals surface area contributed by atoms with Gasteiger partial charge in [-0.05, 0) is 36.2 Å². The minimum Gasteiger partial charge on any atom is -0.433 e. The summed E-state index contributed by atoms with van der Waals surface area (Å²) in [4.78, 5) is 23.3. The Balaban J connectivity index is 1.72. The van der Waals surface area contributed by atoms with Gasteiger partial charge in [0.25, 0.3) is 0 Å². The lowest BCUT2D eigenvalue weighted by molar-refractivity contribution is -0.387. The topological polar surface area (TPSA) is 100 Å². The fourth-order valence-corrected chi connectivity index (χ4v) is 2.82. The number of hydrogen-bond donors (Lipinski definition) is 0. The highest BCUT2D eigenvalue weighted by molar-refractivity contribution is 5.84. The molecule has 0 aliphatic heterocycles. The Hall–Kier alpha value is -4.07. The summed E-state index contributed by atoms with van der Waals surface area (Å²) >= 11 is 0. The second-order valence-electron chi connectivity index (χ2n) is 6.12. The molecule has 2 heterocycles. The van der Waals surface area contributed by atoms with Crippen molar-refractivity contribution in [3.05, 3.63) is 82.8 Å². The Labute approximate surface area is 165 Å². The molecule has 0 bridgehead atoms. The highest BCUT2D eigenvalue weighted by Crippen LogP contribution is 2.38. The Morgan fingerprint density at radius 1 is 0.931 bits per heavy atom. The Bertz CT molecular complexity index is 1170. The first kappa shape index (κ1) is 18.3. The first-order valence-electron chi connectivity index (χ1n) is 8.93. The minimum absolute atomic E-state index is 0.197. The number of aryl methyl sites for hydroxylation is 1. The highest BCUT2D eigenvalue weighted by atomic mass is 16.6. The molecule has 29 heavy (non-hydrogen) atoms. The van der Waals surface area contributed by atoms with Crippen LogP contribution in [0.5, 0.6) is 23.3 Å². The summed E-state index contributed by atoms with van der Waals surface area (Å²) < 4.78 is 11.4. The van der Waals surface area contributed by atoms with Gasteiger partial charge in [0, 0.05) is 11.6 Å². The summed E-state index contributed by atoms with van der Waals surface area (Å²) in [7, 11) is 0. The van der Waals surface area contributed by atoms with E-state index in [1.165, 1.54) is 0 Å². The van der Waals surface area contributed by atoms with Crippen LogP contribution in [0.25, 0.3) is 10.9 Å². The molecule has 2 aromatic carbocycles. The van der Waals surface area contributed by atoms with Gasteiger partial charge in [-0.1, -0.05) is 37.3 Å². The van der Waals surface area contributed by atoms with Crippen molar-refractivity contribution in [3.63, 3.8) is 0 Å². The number of fused-ring (bicyclic) bond motifs is 1. The van der Waals surface area contributed by atoms with Gasteiger partial charge in [0.05, 0.1) is 4.92 Å². The third-order valence-corrected chi connectivity index (χ3v) is 4.29. The molecule has 2 aromatic heterocycles. The van der Waals surface area contributed by atoms with Gasteiger partial charge in [-0.15, -0.1) is 0 Å². The highest BCUT2D eigenvalue weighted by Gasteiger charge is 2.27. The molecular formula is C21H16N4O4. The molecule has 0 aliphatic carbocycles. The van der Waals surface area contributed by atoms with Gasteiger partial charge in [-0.25, -0.2) is 0 Å². The zero-order valence-corrected chi connectivity index (χ0v) is 15.5. The molecule has 0 saturated carbocycles. The molecule has 144 valence electrons.